The van der Waals surface area contributed by atoms with E-state index in [0.717, 1.165) is 11.1 Å². The van der Waals surface area contributed by atoms with Crippen molar-refractivity contribution in [1.82, 2.24) is 4.98 Å². The third-order valence-electron chi connectivity index (χ3n) is 5.98. The van der Waals surface area contributed by atoms with E-state index in [-0.39, 0.29) is 30.6 Å². The van der Waals surface area contributed by atoms with Crippen LogP contribution in [0.15, 0.2) is 120 Å². The summed E-state index contributed by atoms with van der Waals surface area (Å²) in [6, 6.07) is 34.7. The van der Waals surface area contributed by atoms with E-state index in [0.29, 0.717) is 28.2 Å². The maximum absolute atomic E-state index is 13.4. The molecule has 0 bridgehead atoms. The summed E-state index contributed by atoms with van der Waals surface area (Å²) in [7, 11) is 0. The maximum Gasteiger partial charge on any atom is 0.258 e. The van der Waals surface area contributed by atoms with Gasteiger partial charge in [-0.1, -0.05) is 54.6 Å². The molecule has 194 valence electrons. The summed E-state index contributed by atoms with van der Waals surface area (Å²) in [5.41, 5.74) is 12.3. The highest BCUT2D eigenvalue weighted by atomic mass is 16.5. The Kier molecular flexibility index (Phi) is 7.64. The third-order valence-corrected chi connectivity index (χ3v) is 5.98. The number of nitrogens with one attached hydrogen (secondary N) is 1. The van der Waals surface area contributed by atoms with Gasteiger partial charge in [0.05, 0.1) is 17.9 Å². The average molecular weight is 518 g/mol. The van der Waals surface area contributed by atoms with Crippen LogP contribution in [0.5, 0.6) is 11.5 Å². The molecule has 0 spiro atoms. The minimum atomic E-state index is -0.206. The quantitative estimate of drug-likeness (QED) is 0.134. The van der Waals surface area contributed by atoms with E-state index in [4.69, 9.17) is 10.5 Å². The van der Waals surface area contributed by atoms with E-state index >= 15 is 0 Å². The molecule has 5 aromatic rings. The number of aromatic nitrogens is 1. The summed E-state index contributed by atoms with van der Waals surface area (Å²) >= 11 is 0. The monoisotopic (exact) mass is 517 g/mol. The predicted octanol–water partition coefficient (Wildman–Crippen LogP) is 5.55. The zero-order valence-electron chi connectivity index (χ0n) is 21.1. The highest BCUT2D eigenvalue weighted by Crippen LogP contribution is 2.24. The van der Waals surface area contributed by atoms with Crippen LogP contribution in [-0.2, 0) is 6.61 Å². The number of nitrogens with two attached hydrogens (primary N) is 1. The largest absolute Gasteiger partial charge is 0.506 e. The first-order chi connectivity index (χ1) is 19.1. The van der Waals surface area contributed by atoms with Crippen molar-refractivity contribution in [2.45, 2.75) is 6.61 Å². The van der Waals surface area contributed by atoms with Crippen molar-refractivity contribution in [3.05, 3.63) is 127 Å². The number of amides is 1. The van der Waals surface area contributed by atoms with E-state index in [2.05, 4.69) is 15.5 Å². The van der Waals surface area contributed by atoms with Crippen LogP contribution in [0.4, 0.5) is 11.4 Å². The summed E-state index contributed by atoms with van der Waals surface area (Å²) < 4.78 is 5.92. The Hall–Kier alpha value is -5.37. The molecule has 0 aliphatic carbocycles. The number of phenolic OH excluding ortho intramolecular Hbond substituents is 1. The van der Waals surface area contributed by atoms with E-state index in [1.54, 1.807) is 53.4 Å². The van der Waals surface area contributed by atoms with Crippen molar-refractivity contribution in [3.8, 4) is 11.5 Å². The fourth-order valence-corrected chi connectivity index (χ4v) is 4.00. The number of para-hydroxylation sites is 2. The zero-order valence-corrected chi connectivity index (χ0v) is 21.1. The first-order valence-electron chi connectivity index (χ1n) is 12.4. The van der Waals surface area contributed by atoms with E-state index in [1.165, 1.54) is 0 Å². The van der Waals surface area contributed by atoms with Crippen LogP contribution in [0, 0.1) is 0 Å². The Balaban J connectivity index is 1.32. The predicted molar refractivity (Wildman–Crippen MR) is 154 cm³/mol. The molecule has 5 rings (SSSR count). The van der Waals surface area contributed by atoms with Gasteiger partial charge in [0.1, 0.15) is 29.5 Å². The number of hydrazone groups is 1. The lowest BCUT2D eigenvalue weighted by molar-refractivity contribution is 0.0990. The SMILES string of the molecule is N/C(CN(C(=O)c1ccccc1)c1ccc(OCc2ccc3cccc(O)c3n2)cc1)=N\Nc1ccccc1. The van der Waals surface area contributed by atoms with Crippen molar-refractivity contribution in [3.63, 3.8) is 0 Å². The van der Waals surface area contributed by atoms with Gasteiger partial charge in [-0.3, -0.25) is 10.2 Å². The first kappa shape index (κ1) is 25.3. The maximum atomic E-state index is 13.4. The Morgan fingerprint density at radius 2 is 1.59 bits per heavy atom. The van der Waals surface area contributed by atoms with Crippen molar-refractivity contribution in [2.75, 3.05) is 16.9 Å². The lowest BCUT2D eigenvalue weighted by Gasteiger charge is -2.23. The van der Waals surface area contributed by atoms with Crippen LogP contribution in [-0.4, -0.2) is 28.4 Å². The Bertz CT molecular complexity index is 1590. The molecule has 1 amide bonds. The topological polar surface area (TPSA) is 113 Å². The molecule has 4 aromatic carbocycles. The smallest absolute Gasteiger partial charge is 0.258 e. The number of fused-ring (bicyclic) bond motifs is 1. The highest BCUT2D eigenvalue weighted by molar-refractivity contribution is 6.09. The van der Waals surface area contributed by atoms with Gasteiger partial charge in [0, 0.05) is 16.6 Å². The van der Waals surface area contributed by atoms with Crippen LogP contribution < -0.4 is 20.8 Å². The average Bonchev–Trinajstić information content (AvgIpc) is 2.99. The van der Waals surface area contributed by atoms with Gasteiger partial charge in [-0.25, -0.2) is 4.98 Å². The van der Waals surface area contributed by atoms with Crippen molar-refractivity contribution in [2.24, 2.45) is 10.8 Å². The van der Waals surface area contributed by atoms with Crippen LogP contribution >= 0.6 is 0 Å². The lowest BCUT2D eigenvalue weighted by atomic mass is 10.1. The highest BCUT2D eigenvalue weighted by Gasteiger charge is 2.19. The molecule has 0 fully saturated rings. The standard InChI is InChI=1S/C31H27N5O3/c32-29(35-34-24-11-5-2-6-12-24)20-36(31(38)23-8-3-1-4-9-23)26-16-18-27(19-17-26)39-21-25-15-14-22-10-7-13-28(37)30(22)33-25/h1-19,34,37H,20-21H2,(H2,32,35). The fourth-order valence-electron chi connectivity index (χ4n) is 4.00. The molecule has 8 nitrogen and oxygen atoms in total. The number of ether oxygens (including phenoxy) is 1. The second kappa shape index (κ2) is 11.8. The van der Waals surface area contributed by atoms with Crippen LogP contribution in [0.1, 0.15) is 16.1 Å². The second-order valence-electron chi connectivity index (χ2n) is 8.77. The van der Waals surface area contributed by atoms with Gasteiger partial charge in [-0.15, -0.1) is 0 Å². The molecule has 0 saturated carbocycles. The number of benzene rings is 4. The zero-order chi connectivity index (χ0) is 27.0. The van der Waals surface area contributed by atoms with Gasteiger partial charge in [0.15, 0.2) is 0 Å². The molecule has 0 saturated heterocycles. The molecule has 4 N–H and O–H groups in total. The van der Waals surface area contributed by atoms with Gasteiger partial charge < -0.3 is 20.5 Å². The molecule has 0 aliphatic rings. The molecule has 1 heterocycles. The number of carbonyl (C=O) groups excluding carboxylic acids is 1. The number of hydrogen-bond donors (Lipinski definition) is 3. The van der Waals surface area contributed by atoms with E-state index in [9.17, 15) is 9.90 Å². The van der Waals surface area contributed by atoms with E-state index in [1.807, 2.05) is 66.7 Å². The number of hydrogen-bond acceptors (Lipinski definition) is 6. The van der Waals surface area contributed by atoms with E-state index < -0.39 is 0 Å². The van der Waals surface area contributed by atoms with Gasteiger partial charge in [-0.2, -0.15) is 5.10 Å². The Labute approximate surface area is 226 Å². The van der Waals surface area contributed by atoms with Crippen molar-refractivity contribution < 1.29 is 14.6 Å². The van der Waals surface area contributed by atoms with Crippen LogP contribution in [0.25, 0.3) is 10.9 Å². The molecule has 0 unspecified atom stereocenters. The molecule has 0 atom stereocenters. The summed E-state index contributed by atoms with van der Waals surface area (Å²) in [6.07, 6.45) is 0. The molecular weight excluding hydrogens is 490 g/mol. The van der Waals surface area contributed by atoms with Crippen molar-refractivity contribution >= 4 is 34.0 Å². The summed E-state index contributed by atoms with van der Waals surface area (Å²) in [5.74, 6) is 0.775. The number of anilines is 2. The third kappa shape index (κ3) is 6.31. The minimum absolute atomic E-state index is 0.0816. The molecule has 1 aromatic heterocycles. The molecule has 39 heavy (non-hydrogen) atoms. The van der Waals surface area contributed by atoms with Gasteiger partial charge in [-0.05, 0) is 60.7 Å². The number of aromatic hydroxyl groups is 1. The molecule has 8 heteroatoms. The number of nitrogens with zero attached hydrogens (tertiary/aromatic N) is 3. The molecular formula is C31H27N5O3. The first-order valence-corrected chi connectivity index (χ1v) is 12.4. The van der Waals surface area contributed by atoms with Crippen molar-refractivity contribution in [1.29, 1.82) is 0 Å². The van der Waals surface area contributed by atoms with Gasteiger partial charge in [0.2, 0.25) is 0 Å². The Morgan fingerprint density at radius 3 is 2.33 bits per heavy atom. The number of rotatable bonds is 9. The Morgan fingerprint density at radius 1 is 0.872 bits per heavy atom. The fraction of sp³-hybridized carbons (Fsp3) is 0.0645. The minimum Gasteiger partial charge on any atom is -0.506 e. The number of phenols is 1. The van der Waals surface area contributed by atoms with Crippen LogP contribution in [0.3, 0.4) is 0 Å². The number of carbonyl (C=O) groups is 1. The van der Waals surface area contributed by atoms with Gasteiger partial charge in [0.25, 0.3) is 5.91 Å². The molecule has 0 aliphatic heterocycles. The number of pyridine rings is 1. The number of amidine groups is 1. The van der Waals surface area contributed by atoms with Crippen LogP contribution in [0.2, 0.25) is 0 Å². The summed E-state index contributed by atoms with van der Waals surface area (Å²) in [5, 5.41) is 15.2. The normalized spacial score (nSPS) is 11.2. The summed E-state index contributed by atoms with van der Waals surface area (Å²) in [6.45, 7) is 0.305. The van der Waals surface area contributed by atoms with Gasteiger partial charge >= 0.3 is 0 Å². The summed E-state index contributed by atoms with van der Waals surface area (Å²) in [4.78, 5) is 19.5. The molecule has 0 radical (unpaired) electrons. The second-order valence-corrected chi connectivity index (χ2v) is 8.77. The lowest BCUT2D eigenvalue weighted by Crippen LogP contribution is -2.39.